The van der Waals surface area contributed by atoms with E-state index < -0.39 is 0 Å². The molecule has 2 aliphatic carbocycles. The van der Waals surface area contributed by atoms with Crippen LogP contribution in [0.1, 0.15) is 49.5 Å². The molecule has 0 unspecified atom stereocenters. The summed E-state index contributed by atoms with van der Waals surface area (Å²) in [4.78, 5) is 4.87. The number of fused-ring (bicyclic) bond motifs is 1. The van der Waals surface area contributed by atoms with Gasteiger partial charge in [-0.15, -0.1) is 0 Å². The number of hydrogen-bond donors (Lipinski definition) is 1. The van der Waals surface area contributed by atoms with Gasteiger partial charge in [0.2, 0.25) is 0 Å². The maximum atomic E-state index is 6.51. The summed E-state index contributed by atoms with van der Waals surface area (Å²) in [6, 6.07) is 7.21. The minimum Gasteiger partial charge on any atom is -0.323 e. The van der Waals surface area contributed by atoms with Crippen LogP contribution in [0.15, 0.2) is 18.2 Å². The van der Waals surface area contributed by atoms with Crippen molar-refractivity contribution in [2.75, 3.05) is 0 Å². The lowest BCUT2D eigenvalue weighted by atomic mass is 9.77. The predicted molar refractivity (Wildman–Crippen MR) is 72.5 cm³/mol. The van der Waals surface area contributed by atoms with Gasteiger partial charge in [0.15, 0.2) is 0 Å². The highest BCUT2D eigenvalue weighted by atomic mass is 15.2. The molecule has 3 nitrogen and oxygen atoms in total. The average molecular weight is 241 g/mol. The van der Waals surface area contributed by atoms with Crippen molar-refractivity contribution in [2.45, 2.75) is 50.6 Å². The molecule has 0 aliphatic heterocycles. The predicted octanol–water partition coefficient (Wildman–Crippen LogP) is 3.02. The number of nitrogens with zero attached hydrogens (tertiary/aromatic N) is 2. The van der Waals surface area contributed by atoms with Gasteiger partial charge in [0.05, 0.1) is 16.6 Å². The number of aryl methyl sites for hydroxylation is 1. The fourth-order valence-electron chi connectivity index (χ4n) is 3.04. The van der Waals surface area contributed by atoms with Crippen LogP contribution in [0.25, 0.3) is 11.0 Å². The van der Waals surface area contributed by atoms with Crippen molar-refractivity contribution in [1.82, 2.24) is 9.55 Å². The molecule has 2 fully saturated rings. The summed E-state index contributed by atoms with van der Waals surface area (Å²) >= 11 is 0. The molecule has 1 heterocycles. The van der Waals surface area contributed by atoms with Crippen molar-refractivity contribution in [1.29, 1.82) is 0 Å². The number of nitrogens with two attached hydrogens (primary N) is 1. The van der Waals surface area contributed by atoms with E-state index >= 15 is 0 Å². The van der Waals surface area contributed by atoms with Crippen LogP contribution in [0, 0.1) is 6.92 Å². The first kappa shape index (κ1) is 10.6. The highest BCUT2D eigenvalue weighted by Crippen LogP contribution is 2.45. The third kappa shape index (κ3) is 1.37. The zero-order valence-electron chi connectivity index (χ0n) is 10.8. The molecule has 0 saturated heterocycles. The van der Waals surface area contributed by atoms with Crippen LogP contribution in [-0.4, -0.2) is 9.55 Å². The van der Waals surface area contributed by atoms with Gasteiger partial charge >= 0.3 is 0 Å². The maximum Gasteiger partial charge on any atom is 0.130 e. The Morgan fingerprint density at radius 2 is 2.11 bits per heavy atom. The molecule has 2 aromatic rings. The monoisotopic (exact) mass is 241 g/mol. The van der Waals surface area contributed by atoms with Crippen LogP contribution in [0.3, 0.4) is 0 Å². The van der Waals surface area contributed by atoms with Gasteiger partial charge in [-0.2, -0.15) is 0 Å². The number of rotatable bonds is 2. The third-order valence-corrected chi connectivity index (χ3v) is 4.45. The van der Waals surface area contributed by atoms with Gasteiger partial charge in [0, 0.05) is 6.04 Å². The summed E-state index contributed by atoms with van der Waals surface area (Å²) in [5.74, 6) is 1.14. The molecule has 0 bridgehead atoms. The molecule has 3 heteroatoms. The topological polar surface area (TPSA) is 43.8 Å². The van der Waals surface area contributed by atoms with E-state index in [0.717, 1.165) is 24.2 Å². The molecular formula is C15H19N3. The summed E-state index contributed by atoms with van der Waals surface area (Å²) in [5.41, 5.74) is 10.0. The van der Waals surface area contributed by atoms with E-state index in [1.807, 2.05) is 0 Å². The summed E-state index contributed by atoms with van der Waals surface area (Å²) in [6.07, 6.45) is 5.97. The molecule has 18 heavy (non-hydrogen) atoms. The van der Waals surface area contributed by atoms with E-state index in [9.17, 15) is 0 Å². The number of hydrogen-bond acceptors (Lipinski definition) is 2. The zero-order chi connectivity index (χ0) is 12.3. The fraction of sp³-hybridized carbons (Fsp3) is 0.533. The van der Waals surface area contributed by atoms with Gasteiger partial charge in [-0.1, -0.05) is 6.07 Å². The Bertz CT molecular complexity index is 618. The van der Waals surface area contributed by atoms with Crippen molar-refractivity contribution >= 4 is 11.0 Å². The number of benzene rings is 1. The van der Waals surface area contributed by atoms with Gasteiger partial charge in [-0.25, -0.2) is 4.98 Å². The SMILES string of the molecule is Cc1ccc2c(c1)nc(C1(N)CCC1)n2C1CC1. The second kappa shape index (κ2) is 3.35. The van der Waals surface area contributed by atoms with Crippen molar-refractivity contribution in [2.24, 2.45) is 5.73 Å². The standard InChI is InChI=1S/C15H19N3/c1-10-3-6-13-12(9-10)17-14(15(16)7-2-8-15)18(13)11-4-5-11/h3,6,9,11H,2,4-5,7-8,16H2,1H3. The van der Waals surface area contributed by atoms with Gasteiger partial charge in [-0.05, 0) is 56.7 Å². The molecule has 94 valence electrons. The third-order valence-electron chi connectivity index (χ3n) is 4.45. The molecule has 2 N–H and O–H groups in total. The smallest absolute Gasteiger partial charge is 0.130 e. The van der Waals surface area contributed by atoms with Gasteiger partial charge in [0.1, 0.15) is 5.82 Å². The number of imidazole rings is 1. The Kier molecular flexibility index (Phi) is 1.97. The Labute approximate surface area is 107 Å². The summed E-state index contributed by atoms with van der Waals surface area (Å²) in [5, 5.41) is 0. The molecule has 2 aliphatic rings. The molecule has 0 spiro atoms. The summed E-state index contributed by atoms with van der Waals surface area (Å²) < 4.78 is 2.42. The van der Waals surface area contributed by atoms with Gasteiger partial charge < -0.3 is 10.3 Å². The Hall–Kier alpha value is -1.35. The lowest BCUT2D eigenvalue weighted by Crippen LogP contribution is -2.45. The molecule has 0 atom stereocenters. The second-order valence-corrected chi connectivity index (χ2v) is 6.04. The molecule has 1 aromatic heterocycles. The van der Waals surface area contributed by atoms with Crippen molar-refractivity contribution in [3.05, 3.63) is 29.6 Å². The average Bonchev–Trinajstić information content (AvgIpc) is 3.07. The second-order valence-electron chi connectivity index (χ2n) is 6.04. The first-order valence-electron chi connectivity index (χ1n) is 6.95. The van der Waals surface area contributed by atoms with Crippen LogP contribution in [-0.2, 0) is 5.54 Å². The Morgan fingerprint density at radius 3 is 2.72 bits per heavy atom. The van der Waals surface area contributed by atoms with E-state index in [4.69, 9.17) is 10.7 Å². The van der Waals surface area contributed by atoms with E-state index in [1.165, 1.54) is 30.3 Å². The van der Waals surface area contributed by atoms with Gasteiger partial charge in [-0.3, -0.25) is 0 Å². The lowest BCUT2D eigenvalue weighted by Gasteiger charge is -2.37. The van der Waals surface area contributed by atoms with Crippen LogP contribution in [0.5, 0.6) is 0 Å². The van der Waals surface area contributed by atoms with E-state index in [1.54, 1.807) is 0 Å². The van der Waals surface area contributed by atoms with Crippen molar-refractivity contribution in [3.63, 3.8) is 0 Å². The Balaban J connectivity index is 1.97. The quantitative estimate of drug-likeness (QED) is 0.878. The first-order valence-corrected chi connectivity index (χ1v) is 6.95. The molecule has 0 amide bonds. The van der Waals surface area contributed by atoms with E-state index in [-0.39, 0.29) is 5.54 Å². The first-order chi connectivity index (χ1) is 8.67. The van der Waals surface area contributed by atoms with Crippen LogP contribution in [0.2, 0.25) is 0 Å². The van der Waals surface area contributed by atoms with Crippen molar-refractivity contribution in [3.8, 4) is 0 Å². The molecule has 2 saturated carbocycles. The summed E-state index contributed by atoms with van der Waals surface area (Å²) in [7, 11) is 0. The molecule has 1 aromatic carbocycles. The molecular weight excluding hydrogens is 222 g/mol. The van der Waals surface area contributed by atoms with Crippen LogP contribution in [0.4, 0.5) is 0 Å². The lowest BCUT2D eigenvalue weighted by molar-refractivity contribution is 0.231. The fourth-order valence-corrected chi connectivity index (χ4v) is 3.04. The minimum absolute atomic E-state index is 0.157. The largest absolute Gasteiger partial charge is 0.323 e. The van der Waals surface area contributed by atoms with Crippen LogP contribution < -0.4 is 5.73 Å². The Morgan fingerprint density at radius 1 is 1.33 bits per heavy atom. The minimum atomic E-state index is -0.157. The molecule has 0 radical (unpaired) electrons. The highest BCUT2D eigenvalue weighted by molar-refractivity contribution is 5.77. The summed E-state index contributed by atoms with van der Waals surface area (Å²) in [6.45, 7) is 2.12. The number of aromatic nitrogens is 2. The van der Waals surface area contributed by atoms with Gasteiger partial charge in [0.25, 0.3) is 0 Å². The van der Waals surface area contributed by atoms with E-state index in [2.05, 4.69) is 29.7 Å². The van der Waals surface area contributed by atoms with E-state index in [0.29, 0.717) is 6.04 Å². The highest BCUT2D eigenvalue weighted by Gasteiger charge is 2.41. The zero-order valence-corrected chi connectivity index (χ0v) is 10.8. The van der Waals surface area contributed by atoms with Crippen molar-refractivity contribution < 1.29 is 0 Å². The normalized spacial score (nSPS) is 22.1. The molecule has 4 rings (SSSR count). The maximum absolute atomic E-state index is 6.51. The van der Waals surface area contributed by atoms with Crippen LogP contribution >= 0.6 is 0 Å².